The van der Waals surface area contributed by atoms with Crippen LogP contribution in [-0.4, -0.2) is 43.9 Å². The Hall–Kier alpha value is -3.08. The van der Waals surface area contributed by atoms with Crippen molar-refractivity contribution in [1.82, 2.24) is 4.90 Å². The van der Waals surface area contributed by atoms with Gasteiger partial charge in [-0.1, -0.05) is 36.9 Å². The molecule has 0 spiro atoms. The fourth-order valence-electron chi connectivity index (χ4n) is 4.13. The molecule has 29 heavy (non-hydrogen) atoms. The highest BCUT2D eigenvalue weighted by atomic mass is 16.2. The highest BCUT2D eigenvalue weighted by Crippen LogP contribution is 2.37. The second-order valence-electron chi connectivity index (χ2n) is 7.83. The van der Waals surface area contributed by atoms with Crippen LogP contribution in [0.15, 0.2) is 61.2 Å². The van der Waals surface area contributed by atoms with Crippen molar-refractivity contribution in [2.45, 2.75) is 25.2 Å². The van der Waals surface area contributed by atoms with E-state index in [2.05, 4.69) is 16.8 Å². The van der Waals surface area contributed by atoms with E-state index in [0.29, 0.717) is 25.9 Å². The highest BCUT2D eigenvalue weighted by Gasteiger charge is 2.43. The Morgan fingerprint density at radius 2 is 1.76 bits per heavy atom. The van der Waals surface area contributed by atoms with Gasteiger partial charge in [-0.15, -0.1) is 0 Å². The number of likely N-dealkylation sites (tertiary alicyclic amines) is 1. The molecule has 0 radical (unpaired) electrons. The number of carbonyl (C=O) groups excluding carboxylic acids is 2. The van der Waals surface area contributed by atoms with Gasteiger partial charge in [-0.2, -0.15) is 0 Å². The fourth-order valence-corrected chi connectivity index (χ4v) is 4.13. The van der Waals surface area contributed by atoms with Crippen LogP contribution in [0.25, 0.3) is 0 Å². The van der Waals surface area contributed by atoms with Crippen LogP contribution in [0.5, 0.6) is 0 Å². The van der Waals surface area contributed by atoms with Gasteiger partial charge in [-0.25, -0.2) is 0 Å². The van der Waals surface area contributed by atoms with Crippen LogP contribution in [0.2, 0.25) is 0 Å². The zero-order valence-corrected chi connectivity index (χ0v) is 17.4. The average Bonchev–Trinajstić information content (AvgIpc) is 2.73. The van der Waals surface area contributed by atoms with Crippen molar-refractivity contribution < 1.29 is 9.59 Å². The summed E-state index contributed by atoms with van der Waals surface area (Å²) in [6.07, 6.45) is 2.50. The van der Waals surface area contributed by atoms with Crippen LogP contribution < -0.4 is 10.2 Å². The Morgan fingerprint density at radius 3 is 2.31 bits per heavy atom. The Labute approximate surface area is 173 Å². The van der Waals surface area contributed by atoms with Gasteiger partial charge in [0.1, 0.15) is 0 Å². The van der Waals surface area contributed by atoms with Crippen molar-refractivity contribution >= 4 is 23.2 Å². The molecule has 152 valence electrons. The van der Waals surface area contributed by atoms with Crippen LogP contribution in [0.4, 0.5) is 11.4 Å². The normalized spacial score (nSPS) is 15.5. The second-order valence-corrected chi connectivity index (χ2v) is 7.83. The van der Waals surface area contributed by atoms with Gasteiger partial charge < -0.3 is 15.1 Å². The third kappa shape index (κ3) is 4.19. The maximum absolute atomic E-state index is 13.5. The first kappa shape index (κ1) is 20.6. The summed E-state index contributed by atoms with van der Waals surface area (Å²) in [5.74, 6) is -0.103. The lowest BCUT2D eigenvalue weighted by molar-refractivity contribution is -0.131. The molecule has 2 aromatic rings. The van der Waals surface area contributed by atoms with Gasteiger partial charge >= 0.3 is 0 Å². The molecule has 2 aromatic carbocycles. The third-order valence-electron chi connectivity index (χ3n) is 5.80. The number of anilines is 2. The van der Waals surface area contributed by atoms with Gasteiger partial charge in [0, 0.05) is 38.6 Å². The number of nitrogens with zero attached hydrogens (tertiary/aromatic N) is 2. The third-order valence-corrected chi connectivity index (χ3v) is 5.80. The fraction of sp³-hybridized carbons (Fsp3) is 0.333. The predicted octanol–water partition coefficient (Wildman–Crippen LogP) is 3.75. The SMILES string of the molecule is C=CC(=O)N1CCC(C(=O)Nc2ccc(N(C)C)c(C)c2)(c2ccccc2)CC1. The van der Waals surface area contributed by atoms with E-state index in [9.17, 15) is 9.59 Å². The summed E-state index contributed by atoms with van der Waals surface area (Å²) in [7, 11) is 4.01. The van der Waals surface area contributed by atoms with E-state index in [1.807, 2.05) is 69.6 Å². The summed E-state index contributed by atoms with van der Waals surface area (Å²) in [5.41, 5.74) is 3.35. The zero-order valence-electron chi connectivity index (χ0n) is 17.4. The first-order valence-electron chi connectivity index (χ1n) is 9.94. The topological polar surface area (TPSA) is 52.7 Å². The van der Waals surface area contributed by atoms with Gasteiger partial charge in [0.25, 0.3) is 0 Å². The Balaban J connectivity index is 1.87. The predicted molar refractivity (Wildman–Crippen MR) is 118 cm³/mol. The molecule has 0 unspecified atom stereocenters. The van der Waals surface area contributed by atoms with Gasteiger partial charge in [0.15, 0.2) is 0 Å². The summed E-state index contributed by atoms with van der Waals surface area (Å²) >= 11 is 0. The molecule has 0 saturated carbocycles. The first-order valence-corrected chi connectivity index (χ1v) is 9.94. The van der Waals surface area contributed by atoms with E-state index in [4.69, 9.17) is 0 Å². The average molecular weight is 392 g/mol. The monoisotopic (exact) mass is 391 g/mol. The highest BCUT2D eigenvalue weighted by molar-refractivity contribution is 6.00. The van der Waals surface area contributed by atoms with Gasteiger partial charge in [0.2, 0.25) is 11.8 Å². The Morgan fingerprint density at radius 1 is 1.10 bits per heavy atom. The molecule has 0 atom stereocenters. The summed E-state index contributed by atoms with van der Waals surface area (Å²) < 4.78 is 0. The van der Waals surface area contributed by atoms with E-state index < -0.39 is 5.41 Å². The molecule has 1 aliphatic rings. The van der Waals surface area contributed by atoms with E-state index >= 15 is 0 Å². The van der Waals surface area contributed by atoms with Crippen LogP contribution in [0.3, 0.4) is 0 Å². The first-order chi connectivity index (χ1) is 13.9. The van der Waals surface area contributed by atoms with Crippen molar-refractivity contribution in [2.75, 3.05) is 37.4 Å². The molecule has 0 aromatic heterocycles. The van der Waals surface area contributed by atoms with Crippen molar-refractivity contribution in [2.24, 2.45) is 0 Å². The lowest BCUT2D eigenvalue weighted by atomic mass is 9.72. The van der Waals surface area contributed by atoms with Gasteiger partial charge in [-0.3, -0.25) is 9.59 Å². The molecule has 5 heteroatoms. The van der Waals surface area contributed by atoms with Crippen LogP contribution in [-0.2, 0) is 15.0 Å². The molecular formula is C24H29N3O2. The standard InChI is InChI=1S/C24H29N3O2/c1-5-22(28)27-15-13-24(14-16-27,19-9-7-6-8-10-19)23(29)25-20-11-12-21(26(3)4)18(2)17-20/h5-12,17H,1,13-16H2,2-4H3,(H,25,29). The summed E-state index contributed by atoms with van der Waals surface area (Å²) in [4.78, 5) is 29.3. The number of hydrogen-bond acceptors (Lipinski definition) is 3. The quantitative estimate of drug-likeness (QED) is 0.790. The zero-order chi connectivity index (χ0) is 21.0. The molecule has 3 rings (SSSR count). The molecule has 1 N–H and O–H groups in total. The van der Waals surface area contributed by atoms with Crippen LogP contribution >= 0.6 is 0 Å². The van der Waals surface area contributed by atoms with Gasteiger partial charge in [0.05, 0.1) is 5.41 Å². The van der Waals surface area contributed by atoms with E-state index in [1.165, 1.54) is 6.08 Å². The van der Waals surface area contributed by atoms with E-state index in [1.54, 1.807) is 4.90 Å². The summed E-state index contributed by atoms with van der Waals surface area (Å²) in [5, 5.41) is 3.13. The number of amides is 2. The molecule has 1 heterocycles. The van der Waals surface area contributed by atoms with Gasteiger partial charge in [-0.05, 0) is 55.2 Å². The van der Waals surface area contributed by atoms with Crippen molar-refractivity contribution in [1.29, 1.82) is 0 Å². The molecule has 1 aliphatic heterocycles. The molecule has 5 nitrogen and oxygen atoms in total. The van der Waals surface area contributed by atoms with Crippen molar-refractivity contribution in [3.63, 3.8) is 0 Å². The number of carbonyl (C=O) groups is 2. The lowest BCUT2D eigenvalue weighted by Crippen LogP contribution is -2.50. The largest absolute Gasteiger partial charge is 0.377 e. The van der Waals surface area contributed by atoms with E-state index in [0.717, 1.165) is 22.5 Å². The van der Waals surface area contributed by atoms with E-state index in [-0.39, 0.29) is 11.8 Å². The second kappa shape index (κ2) is 8.52. The number of hydrogen-bond donors (Lipinski definition) is 1. The van der Waals surface area contributed by atoms with Crippen LogP contribution in [0.1, 0.15) is 24.0 Å². The minimum atomic E-state index is -0.659. The summed E-state index contributed by atoms with van der Waals surface area (Å²) in [6, 6.07) is 15.8. The smallest absolute Gasteiger partial charge is 0.245 e. The molecule has 0 aliphatic carbocycles. The number of piperidine rings is 1. The summed E-state index contributed by atoms with van der Waals surface area (Å²) in [6.45, 7) is 6.68. The molecule has 1 fully saturated rings. The van der Waals surface area contributed by atoms with Crippen molar-refractivity contribution in [3.8, 4) is 0 Å². The Kier molecular flexibility index (Phi) is 6.06. The minimum Gasteiger partial charge on any atom is -0.377 e. The number of nitrogens with one attached hydrogen (secondary N) is 1. The molecular weight excluding hydrogens is 362 g/mol. The van der Waals surface area contributed by atoms with Crippen LogP contribution in [0, 0.1) is 6.92 Å². The van der Waals surface area contributed by atoms with Crippen molar-refractivity contribution in [3.05, 3.63) is 72.3 Å². The molecule has 0 bridgehead atoms. The molecule has 1 saturated heterocycles. The number of benzene rings is 2. The molecule has 2 amide bonds. The lowest BCUT2D eigenvalue weighted by Gasteiger charge is -2.40. The number of aryl methyl sites for hydroxylation is 1. The minimum absolute atomic E-state index is 0.0218. The number of rotatable bonds is 5. The Bertz CT molecular complexity index is 898. The maximum Gasteiger partial charge on any atom is 0.245 e. The maximum atomic E-state index is 13.5.